The Morgan fingerprint density at radius 3 is 2.70 bits per heavy atom. The van der Waals surface area contributed by atoms with Gasteiger partial charge in [0.1, 0.15) is 11.6 Å². The maximum atomic E-state index is 13.5. The van der Waals surface area contributed by atoms with Crippen molar-refractivity contribution < 1.29 is 29.0 Å². The molecule has 3 aliphatic rings. The molecule has 2 N–H and O–H groups in total. The van der Waals surface area contributed by atoms with Crippen LogP contribution in [0, 0.1) is 11.8 Å². The van der Waals surface area contributed by atoms with E-state index in [0.717, 1.165) is 38.5 Å². The number of aliphatic hydroxyl groups is 1. The summed E-state index contributed by atoms with van der Waals surface area (Å²) in [6.45, 7) is 5.25. The number of aliphatic hydroxyl groups excluding tert-OH is 1. The number of amides is 2. The van der Waals surface area contributed by atoms with Gasteiger partial charge in [-0.05, 0) is 39.0 Å². The van der Waals surface area contributed by atoms with Gasteiger partial charge in [-0.25, -0.2) is 0 Å². The molecule has 0 aromatic heterocycles. The molecule has 0 aliphatic carbocycles. The van der Waals surface area contributed by atoms with Gasteiger partial charge in [-0.1, -0.05) is 26.2 Å². The minimum Gasteiger partial charge on any atom is -0.466 e. The Morgan fingerprint density at radius 2 is 2.00 bits per heavy atom. The van der Waals surface area contributed by atoms with Gasteiger partial charge < -0.3 is 24.8 Å². The molecule has 1 spiro atoms. The van der Waals surface area contributed by atoms with Gasteiger partial charge in [0.2, 0.25) is 11.8 Å². The van der Waals surface area contributed by atoms with E-state index in [1.165, 1.54) is 0 Å². The molecule has 2 amide bonds. The van der Waals surface area contributed by atoms with E-state index in [1.807, 2.05) is 0 Å². The normalized spacial score (nSPS) is 31.8. The quantitative estimate of drug-likeness (QED) is 0.362. The molecule has 3 rings (SSSR count). The average Bonchev–Trinajstić information content (AvgIpc) is 3.36. The molecule has 0 aromatic rings. The van der Waals surface area contributed by atoms with Crippen LogP contribution in [0.15, 0.2) is 0 Å². The predicted octanol–water partition coefficient (Wildman–Crippen LogP) is 1.39. The molecular formula is C22H36N2O6. The third-order valence-electron chi connectivity index (χ3n) is 6.74. The Morgan fingerprint density at radius 1 is 1.23 bits per heavy atom. The molecule has 30 heavy (non-hydrogen) atoms. The fraction of sp³-hybridized carbons (Fsp3) is 0.864. The number of esters is 1. The van der Waals surface area contributed by atoms with Crippen molar-refractivity contribution in [2.24, 2.45) is 11.8 Å². The maximum Gasteiger partial charge on any atom is 0.312 e. The molecule has 3 saturated heterocycles. The second kappa shape index (κ2) is 10.1. The maximum absolute atomic E-state index is 13.5. The van der Waals surface area contributed by atoms with Crippen molar-refractivity contribution in [2.45, 2.75) is 83.0 Å². The van der Waals surface area contributed by atoms with E-state index in [1.54, 1.807) is 11.8 Å². The molecule has 0 aromatic carbocycles. The van der Waals surface area contributed by atoms with Crippen LogP contribution < -0.4 is 5.32 Å². The van der Waals surface area contributed by atoms with Crippen molar-refractivity contribution in [1.29, 1.82) is 0 Å². The number of carbonyl (C=O) groups is 3. The van der Waals surface area contributed by atoms with Crippen molar-refractivity contribution in [3.05, 3.63) is 0 Å². The summed E-state index contributed by atoms with van der Waals surface area (Å²) in [5.74, 6) is -2.00. The number of likely N-dealkylation sites (tertiary alicyclic amines) is 1. The van der Waals surface area contributed by atoms with E-state index < -0.39 is 29.4 Å². The van der Waals surface area contributed by atoms with Gasteiger partial charge in [0.25, 0.3) is 0 Å². The highest BCUT2D eigenvalue weighted by molar-refractivity contribution is 5.98. The van der Waals surface area contributed by atoms with Gasteiger partial charge in [0.05, 0.1) is 24.5 Å². The molecule has 3 heterocycles. The number of unbranched alkanes of at least 4 members (excludes halogenated alkanes) is 4. The number of hydrogen-bond donors (Lipinski definition) is 2. The molecule has 8 nitrogen and oxygen atoms in total. The van der Waals surface area contributed by atoms with E-state index in [2.05, 4.69) is 12.2 Å². The summed E-state index contributed by atoms with van der Waals surface area (Å²) >= 11 is 0. The van der Waals surface area contributed by atoms with Crippen LogP contribution in [0.4, 0.5) is 0 Å². The monoisotopic (exact) mass is 424 g/mol. The lowest BCUT2D eigenvalue weighted by molar-refractivity contribution is -0.154. The lowest BCUT2D eigenvalue weighted by atomic mass is 9.71. The Hall–Kier alpha value is -1.67. The third-order valence-corrected chi connectivity index (χ3v) is 6.74. The number of rotatable bonds is 12. The van der Waals surface area contributed by atoms with E-state index in [4.69, 9.17) is 14.6 Å². The van der Waals surface area contributed by atoms with Crippen LogP contribution in [-0.2, 0) is 23.9 Å². The summed E-state index contributed by atoms with van der Waals surface area (Å²) < 4.78 is 11.5. The fourth-order valence-corrected chi connectivity index (χ4v) is 5.43. The number of nitrogens with zero attached hydrogens (tertiary/aromatic N) is 1. The summed E-state index contributed by atoms with van der Waals surface area (Å²) in [6, 6.07) is -0.700. The van der Waals surface area contributed by atoms with Crippen LogP contribution in [0.2, 0.25) is 0 Å². The molecular weight excluding hydrogens is 388 g/mol. The van der Waals surface area contributed by atoms with Crippen LogP contribution >= 0.6 is 0 Å². The van der Waals surface area contributed by atoms with Crippen LogP contribution in [0.1, 0.15) is 65.2 Å². The second-order valence-electron chi connectivity index (χ2n) is 8.62. The zero-order valence-corrected chi connectivity index (χ0v) is 18.2. The standard InChI is InChI=1S/C22H36N2O6/c1-3-5-12-23-19(26)18-22-11-10-15(30-22)16(21(28)29-4-2)17(22)20(27)24(18)13-8-6-7-9-14-25/h15-18,25H,3-14H2,1-2H3,(H,23,26)/t15-,16+,17+,18?,22?/m1/s1. The van der Waals surface area contributed by atoms with E-state index in [0.29, 0.717) is 25.9 Å². The molecule has 170 valence electrons. The highest BCUT2D eigenvalue weighted by Crippen LogP contribution is 2.58. The highest BCUT2D eigenvalue weighted by atomic mass is 16.6. The Kier molecular flexibility index (Phi) is 7.74. The molecule has 3 fully saturated rings. The molecule has 3 aliphatic heterocycles. The second-order valence-corrected chi connectivity index (χ2v) is 8.62. The number of ether oxygens (including phenoxy) is 2. The van der Waals surface area contributed by atoms with Crippen LogP contribution in [-0.4, -0.2) is 71.8 Å². The van der Waals surface area contributed by atoms with Gasteiger partial charge in [0, 0.05) is 19.7 Å². The minimum absolute atomic E-state index is 0.159. The molecule has 0 radical (unpaired) electrons. The summed E-state index contributed by atoms with van der Waals surface area (Å²) in [5, 5.41) is 11.9. The number of fused-ring (bicyclic) bond motifs is 1. The fourth-order valence-electron chi connectivity index (χ4n) is 5.43. The van der Waals surface area contributed by atoms with Gasteiger partial charge in [-0.3, -0.25) is 14.4 Å². The number of hydrogen-bond acceptors (Lipinski definition) is 6. The van der Waals surface area contributed by atoms with Gasteiger partial charge in [-0.15, -0.1) is 0 Å². The zero-order chi connectivity index (χ0) is 21.7. The lowest BCUT2D eigenvalue weighted by Crippen LogP contribution is -2.55. The first kappa shape index (κ1) is 23.0. The number of nitrogens with one attached hydrogen (secondary N) is 1. The minimum atomic E-state index is -0.930. The van der Waals surface area contributed by atoms with Crippen molar-refractivity contribution in [3.8, 4) is 0 Å². The van der Waals surface area contributed by atoms with Crippen molar-refractivity contribution in [2.75, 3.05) is 26.3 Å². The summed E-state index contributed by atoms with van der Waals surface area (Å²) in [6.07, 6.45) is 6.00. The van der Waals surface area contributed by atoms with E-state index in [9.17, 15) is 14.4 Å². The Balaban J connectivity index is 1.81. The SMILES string of the molecule is CCCCNC(=O)C1N(CCCCCCO)C(=O)[C@@H]2[C@@H](C(=O)OCC)[C@H]3CCC12O3. The van der Waals surface area contributed by atoms with Gasteiger partial charge in [0.15, 0.2) is 0 Å². The van der Waals surface area contributed by atoms with E-state index >= 15 is 0 Å². The summed E-state index contributed by atoms with van der Waals surface area (Å²) in [4.78, 5) is 41.0. The predicted molar refractivity (Wildman–Crippen MR) is 109 cm³/mol. The van der Waals surface area contributed by atoms with Gasteiger partial charge in [-0.2, -0.15) is 0 Å². The first-order valence-corrected chi connectivity index (χ1v) is 11.5. The first-order valence-electron chi connectivity index (χ1n) is 11.5. The third kappa shape index (κ3) is 4.08. The average molecular weight is 425 g/mol. The van der Waals surface area contributed by atoms with Crippen LogP contribution in [0.3, 0.4) is 0 Å². The first-order chi connectivity index (χ1) is 14.5. The Bertz CT molecular complexity index is 641. The molecule has 0 saturated carbocycles. The zero-order valence-electron chi connectivity index (χ0n) is 18.2. The van der Waals surface area contributed by atoms with Crippen molar-refractivity contribution in [1.82, 2.24) is 10.2 Å². The smallest absolute Gasteiger partial charge is 0.312 e. The van der Waals surface area contributed by atoms with E-state index in [-0.39, 0.29) is 31.1 Å². The highest BCUT2D eigenvalue weighted by Gasteiger charge is 2.74. The molecule has 8 heteroatoms. The number of carbonyl (C=O) groups excluding carboxylic acids is 3. The van der Waals surface area contributed by atoms with Crippen LogP contribution in [0.25, 0.3) is 0 Å². The largest absolute Gasteiger partial charge is 0.466 e. The summed E-state index contributed by atoms with van der Waals surface area (Å²) in [7, 11) is 0. The molecule has 2 unspecified atom stereocenters. The topological polar surface area (TPSA) is 105 Å². The summed E-state index contributed by atoms with van der Waals surface area (Å²) in [5.41, 5.74) is -0.930. The van der Waals surface area contributed by atoms with Gasteiger partial charge >= 0.3 is 5.97 Å². The van der Waals surface area contributed by atoms with Crippen LogP contribution in [0.5, 0.6) is 0 Å². The van der Waals surface area contributed by atoms with Crippen molar-refractivity contribution >= 4 is 17.8 Å². The lowest BCUT2D eigenvalue weighted by Gasteiger charge is -2.33. The molecule has 5 atom stereocenters. The van der Waals surface area contributed by atoms with Crippen molar-refractivity contribution in [3.63, 3.8) is 0 Å². The molecule has 2 bridgehead atoms. The Labute approximate surface area is 178 Å².